The lowest BCUT2D eigenvalue weighted by atomic mass is 9.67. The van der Waals surface area contributed by atoms with E-state index in [0.717, 1.165) is 25.0 Å². The molecule has 0 bridgehead atoms. The van der Waals surface area contributed by atoms with Gasteiger partial charge in [-0.15, -0.1) is 0 Å². The van der Waals surface area contributed by atoms with E-state index in [0.29, 0.717) is 17.9 Å². The molecule has 2 amide bonds. The van der Waals surface area contributed by atoms with Crippen LogP contribution in [0, 0.1) is 11.3 Å². The summed E-state index contributed by atoms with van der Waals surface area (Å²) in [6, 6.07) is -0.272. The zero-order valence-corrected chi connectivity index (χ0v) is 16.7. The summed E-state index contributed by atoms with van der Waals surface area (Å²) in [5.74, 6) is 1.14. The number of thioether (sulfide) groups is 1. The van der Waals surface area contributed by atoms with Gasteiger partial charge in [0.1, 0.15) is 6.04 Å². The Morgan fingerprint density at radius 3 is 2.58 bits per heavy atom. The first-order valence-electron chi connectivity index (χ1n) is 8.95. The highest BCUT2D eigenvalue weighted by Crippen LogP contribution is 2.41. The van der Waals surface area contributed by atoms with Crippen LogP contribution in [0.4, 0.5) is 0 Å². The van der Waals surface area contributed by atoms with E-state index in [9.17, 15) is 9.59 Å². The fraction of sp³-hybridized carbons (Fsp3) is 0.789. The number of hydrogen-bond acceptors (Lipinski definition) is 3. The number of amides is 2. The van der Waals surface area contributed by atoms with Crippen LogP contribution < -0.4 is 10.6 Å². The van der Waals surface area contributed by atoms with Crippen molar-refractivity contribution >= 4 is 23.6 Å². The molecule has 0 aromatic heterocycles. The van der Waals surface area contributed by atoms with Gasteiger partial charge in [0.05, 0.1) is 0 Å². The summed E-state index contributed by atoms with van der Waals surface area (Å²) >= 11 is 1.68. The van der Waals surface area contributed by atoms with Crippen LogP contribution in [0.1, 0.15) is 59.8 Å². The smallest absolute Gasteiger partial charge is 0.246 e. The van der Waals surface area contributed by atoms with Crippen LogP contribution in [0.3, 0.4) is 0 Å². The normalized spacial score (nSPS) is 25.2. The second-order valence-corrected chi connectivity index (χ2v) is 8.68. The van der Waals surface area contributed by atoms with Gasteiger partial charge in [-0.3, -0.25) is 9.59 Å². The van der Waals surface area contributed by atoms with Gasteiger partial charge in [0, 0.05) is 11.6 Å². The monoisotopic (exact) mass is 354 g/mol. The molecule has 24 heavy (non-hydrogen) atoms. The lowest BCUT2D eigenvalue weighted by Gasteiger charge is -2.42. The Hall–Kier alpha value is -0.970. The standard InChI is InChI=1S/C19H34N2O2S/c1-13(2)17(22)21-16(9-11-24-6)18(23)20-15-8-7-10-19(5,12-15)14(3)4/h14-16H,1,7-12H2,2-6H3,(H,20,23)(H,21,22)/t15?,16-,19?/m0/s1. The van der Waals surface area contributed by atoms with Crippen molar-refractivity contribution in [2.45, 2.75) is 71.9 Å². The van der Waals surface area contributed by atoms with E-state index in [1.807, 2.05) is 6.26 Å². The van der Waals surface area contributed by atoms with Gasteiger partial charge in [-0.25, -0.2) is 0 Å². The Kier molecular flexibility index (Phi) is 8.34. The minimum atomic E-state index is -0.478. The number of carbonyl (C=O) groups excluding carboxylic acids is 2. The summed E-state index contributed by atoms with van der Waals surface area (Å²) < 4.78 is 0. The Bertz CT molecular complexity index is 464. The molecule has 3 atom stereocenters. The van der Waals surface area contributed by atoms with Crippen molar-refractivity contribution in [3.8, 4) is 0 Å². The quantitative estimate of drug-likeness (QED) is 0.656. The van der Waals surface area contributed by atoms with E-state index in [1.54, 1.807) is 18.7 Å². The molecule has 5 heteroatoms. The zero-order chi connectivity index (χ0) is 18.3. The average Bonchev–Trinajstić information content (AvgIpc) is 2.50. The topological polar surface area (TPSA) is 58.2 Å². The summed E-state index contributed by atoms with van der Waals surface area (Å²) in [6.45, 7) is 12.2. The van der Waals surface area contributed by atoms with E-state index in [-0.39, 0.29) is 23.3 Å². The third kappa shape index (κ3) is 6.15. The van der Waals surface area contributed by atoms with Gasteiger partial charge < -0.3 is 10.6 Å². The Labute approximate surface area is 151 Å². The molecule has 0 aliphatic heterocycles. The molecule has 0 aromatic carbocycles. The minimum Gasteiger partial charge on any atom is -0.352 e. The number of hydrogen-bond donors (Lipinski definition) is 2. The highest BCUT2D eigenvalue weighted by Gasteiger charge is 2.36. The fourth-order valence-corrected chi connectivity index (χ4v) is 3.73. The van der Waals surface area contributed by atoms with Crippen molar-refractivity contribution in [2.75, 3.05) is 12.0 Å². The van der Waals surface area contributed by atoms with E-state index in [2.05, 4.69) is 38.0 Å². The predicted octanol–water partition coefficient (Wildman–Crippen LogP) is 3.52. The van der Waals surface area contributed by atoms with Crippen LogP contribution >= 0.6 is 11.8 Å². The molecule has 1 fully saturated rings. The molecule has 1 rings (SSSR count). The van der Waals surface area contributed by atoms with Crippen LogP contribution in [0.2, 0.25) is 0 Å². The summed E-state index contributed by atoms with van der Waals surface area (Å²) in [7, 11) is 0. The van der Waals surface area contributed by atoms with Crippen LogP contribution in [0.25, 0.3) is 0 Å². The van der Waals surface area contributed by atoms with Gasteiger partial charge in [0.25, 0.3) is 0 Å². The molecule has 138 valence electrons. The SMILES string of the molecule is C=C(C)C(=O)N[C@@H](CCSC)C(=O)NC1CCCC(C)(C(C)C)C1. The lowest BCUT2D eigenvalue weighted by Crippen LogP contribution is -2.52. The fourth-order valence-electron chi connectivity index (χ4n) is 3.25. The molecule has 0 spiro atoms. The van der Waals surface area contributed by atoms with Gasteiger partial charge >= 0.3 is 0 Å². The van der Waals surface area contributed by atoms with Crippen molar-refractivity contribution in [2.24, 2.45) is 11.3 Å². The molecule has 1 aliphatic rings. The van der Waals surface area contributed by atoms with Crippen molar-refractivity contribution in [1.82, 2.24) is 10.6 Å². The molecule has 0 saturated heterocycles. The zero-order valence-electron chi connectivity index (χ0n) is 15.9. The van der Waals surface area contributed by atoms with Crippen LogP contribution in [0.15, 0.2) is 12.2 Å². The molecular weight excluding hydrogens is 320 g/mol. The van der Waals surface area contributed by atoms with Crippen LogP contribution in [-0.4, -0.2) is 35.9 Å². The molecule has 0 heterocycles. The number of nitrogens with one attached hydrogen (secondary N) is 2. The van der Waals surface area contributed by atoms with Crippen molar-refractivity contribution < 1.29 is 9.59 Å². The van der Waals surface area contributed by atoms with Crippen molar-refractivity contribution in [3.05, 3.63) is 12.2 Å². The highest BCUT2D eigenvalue weighted by atomic mass is 32.2. The van der Waals surface area contributed by atoms with E-state index >= 15 is 0 Å². The highest BCUT2D eigenvalue weighted by molar-refractivity contribution is 7.98. The first kappa shape index (κ1) is 21.1. The van der Waals surface area contributed by atoms with Gasteiger partial charge in [0.2, 0.25) is 11.8 Å². The van der Waals surface area contributed by atoms with E-state index in [1.165, 1.54) is 6.42 Å². The first-order chi connectivity index (χ1) is 11.2. The Morgan fingerprint density at radius 2 is 2.04 bits per heavy atom. The maximum absolute atomic E-state index is 12.7. The summed E-state index contributed by atoms with van der Waals surface area (Å²) in [5.41, 5.74) is 0.716. The third-order valence-corrected chi connectivity index (χ3v) is 6.02. The van der Waals surface area contributed by atoms with Crippen LogP contribution in [0.5, 0.6) is 0 Å². The lowest BCUT2D eigenvalue weighted by molar-refractivity contribution is -0.128. The maximum atomic E-state index is 12.7. The van der Waals surface area contributed by atoms with E-state index < -0.39 is 6.04 Å². The second kappa shape index (κ2) is 9.50. The Balaban J connectivity index is 2.69. The number of rotatable bonds is 8. The largest absolute Gasteiger partial charge is 0.352 e. The molecule has 2 N–H and O–H groups in total. The predicted molar refractivity (Wildman–Crippen MR) is 103 cm³/mol. The second-order valence-electron chi connectivity index (χ2n) is 7.70. The molecule has 2 unspecified atom stereocenters. The van der Waals surface area contributed by atoms with Crippen LogP contribution in [-0.2, 0) is 9.59 Å². The molecule has 1 saturated carbocycles. The number of carbonyl (C=O) groups is 2. The third-order valence-electron chi connectivity index (χ3n) is 5.37. The molecule has 1 aliphatic carbocycles. The molecule has 4 nitrogen and oxygen atoms in total. The summed E-state index contributed by atoms with van der Waals surface area (Å²) in [5, 5.41) is 6.01. The van der Waals surface area contributed by atoms with Gasteiger partial charge in [-0.2, -0.15) is 11.8 Å². The summed E-state index contributed by atoms with van der Waals surface area (Å²) in [4.78, 5) is 24.6. The molecule has 0 aromatic rings. The summed E-state index contributed by atoms with van der Waals surface area (Å²) in [6.07, 6.45) is 7.05. The van der Waals surface area contributed by atoms with Gasteiger partial charge in [-0.05, 0) is 55.9 Å². The Morgan fingerprint density at radius 1 is 1.38 bits per heavy atom. The van der Waals surface area contributed by atoms with E-state index in [4.69, 9.17) is 0 Å². The first-order valence-corrected chi connectivity index (χ1v) is 10.3. The minimum absolute atomic E-state index is 0.0587. The molecule has 0 radical (unpaired) electrons. The average molecular weight is 355 g/mol. The van der Waals surface area contributed by atoms with Gasteiger partial charge in [-0.1, -0.05) is 33.8 Å². The van der Waals surface area contributed by atoms with Gasteiger partial charge in [0.15, 0.2) is 0 Å². The maximum Gasteiger partial charge on any atom is 0.246 e. The van der Waals surface area contributed by atoms with Crippen molar-refractivity contribution in [1.29, 1.82) is 0 Å². The van der Waals surface area contributed by atoms with Crippen molar-refractivity contribution in [3.63, 3.8) is 0 Å². The molecular formula is C19H34N2O2S.